The summed E-state index contributed by atoms with van der Waals surface area (Å²) in [6.45, 7) is 6.22. The van der Waals surface area contributed by atoms with Crippen molar-refractivity contribution >= 4 is 33.6 Å². The molecule has 2 rings (SSSR count). The highest BCUT2D eigenvalue weighted by atomic mass is 79.9. The fourth-order valence-corrected chi connectivity index (χ4v) is 3.06. The topological polar surface area (TPSA) is 29.5 Å². The lowest BCUT2D eigenvalue weighted by Gasteiger charge is -2.35. The summed E-state index contributed by atoms with van der Waals surface area (Å²) in [6, 6.07) is 5.75. The average molecular weight is 347 g/mol. The number of nitrogens with zero attached hydrogens (tertiary/aromatic N) is 1. The molecule has 0 aliphatic carbocycles. The van der Waals surface area contributed by atoms with Crippen LogP contribution in [0.2, 0.25) is 5.02 Å². The third-order valence-corrected chi connectivity index (χ3v) is 4.11. The summed E-state index contributed by atoms with van der Waals surface area (Å²) < 4.78 is 5.42. The molecule has 0 aromatic heterocycles. The molecule has 0 saturated heterocycles. The average Bonchev–Trinajstić information content (AvgIpc) is 2.26. The Balaban J connectivity index is 2.19. The van der Waals surface area contributed by atoms with Crippen molar-refractivity contribution in [1.29, 1.82) is 0 Å². The third kappa shape index (κ3) is 3.42. The normalized spacial score (nSPS) is 19.0. The van der Waals surface area contributed by atoms with Gasteiger partial charge in [0.25, 0.3) is 0 Å². The fraction of sp³-hybridized carbons (Fsp3) is 0.500. The van der Waals surface area contributed by atoms with Crippen LogP contribution in [0.5, 0.6) is 0 Å². The number of benzene rings is 1. The molecule has 5 heteroatoms. The molecule has 104 valence electrons. The summed E-state index contributed by atoms with van der Waals surface area (Å²) in [6.07, 6.45) is 0.493. The Labute approximate surface area is 127 Å². The van der Waals surface area contributed by atoms with Gasteiger partial charge >= 0.3 is 6.09 Å². The van der Waals surface area contributed by atoms with Crippen LogP contribution < -0.4 is 0 Å². The molecule has 0 saturated carbocycles. The number of alkyl halides is 1. The van der Waals surface area contributed by atoms with Gasteiger partial charge in [-0.2, -0.15) is 0 Å². The molecule has 0 radical (unpaired) electrons. The quantitative estimate of drug-likeness (QED) is 0.510. The maximum absolute atomic E-state index is 12.1. The second kappa shape index (κ2) is 5.33. The van der Waals surface area contributed by atoms with Crippen molar-refractivity contribution in [2.24, 2.45) is 0 Å². The lowest BCUT2D eigenvalue weighted by atomic mass is 10.0. The van der Waals surface area contributed by atoms with Gasteiger partial charge < -0.3 is 4.74 Å². The van der Waals surface area contributed by atoms with Crippen LogP contribution in [0.1, 0.15) is 36.8 Å². The highest BCUT2D eigenvalue weighted by Crippen LogP contribution is 2.36. The van der Waals surface area contributed by atoms with Crippen LogP contribution in [0.25, 0.3) is 0 Å². The largest absolute Gasteiger partial charge is 0.444 e. The van der Waals surface area contributed by atoms with Crippen molar-refractivity contribution < 1.29 is 9.53 Å². The number of rotatable bonds is 0. The number of ether oxygens (including phenoxy) is 1. The molecule has 0 spiro atoms. The zero-order valence-electron chi connectivity index (χ0n) is 11.2. The minimum absolute atomic E-state index is 0.164. The van der Waals surface area contributed by atoms with Crippen LogP contribution in [0.3, 0.4) is 0 Å². The monoisotopic (exact) mass is 345 g/mol. The molecule has 1 aliphatic rings. The first kappa shape index (κ1) is 14.7. The predicted molar refractivity (Wildman–Crippen MR) is 79.8 cm³/mol. The van der Waals surface area contributed by atoms with Crippen LogP contribution in [-0.2, 0) is 11.2 Å². The molecule has 1 aliphatic heterocycles. The van der Waals surface area contributed by atoms with E-state index in [2.05, 4.69) is 15.9 Å². The van der Waals surface area contributed by atoms with E-state index in [0.717, 1.165) is 17.0 Å². The fourth-order valence-electron chi connectivity index (χ4n) is 2.05. The summed E-state index contributed by atoms with van der Waals surface area (Å²) in [5.74, 6) is 0. The van der Waals surface area contributed by atoms with Gasteiger partial charge in [-0.25, -0.2) is 4.79 Å². The Bertz CT molecular complexity index is 499. The van der Waals surface area contributed by atoms with Gasteiger partial charge in [-0.1, -0.05) is 33.6 Å². The summed E-state index contributed by atoms with van der Waals surface area (Å²) in [7, 11) is 0. The maximum atomic E-state index is 12.1. The zero-order valence-corrected chi connectivity index (χ0v) is 13.6. The smallest absolute Gasteiger partial charge is 0.411 e. The van der Waals surface area contributed by atoms with Gasteiger partial charge in [-0.05, 0) is 50.5 Å². The molecule has 19 heavy (non-hydrogen) atoms. The Morgan fingerprint density at radius 3 is 2.79 bits per heavy atom. The second-order valence-corrected chi connectivity index (χ2v) is 6.91. The second-order valence-electron chi connectivity index (χ2n) is 5.60. The van der Waals surface area contributed by atoms with Gasteiger partial charge in [0.05, 0.1) is 0 Å². The van der Waals surface area contributed by atoms with E-state index in [1.807, 2.05) is 39.0 Å². The molecular formula is C14H17BrClNO2. The van der Waals surface area contributed by atoms with Gasteiger partial charge in [0.2, 0.25) is 0 Å². The summed E-state index contributed by atoms with van der Waals surface area (Å²) in [5, 5.41) is 0.726. The Morgan fingerprint density at radius 2 is 2.16 bits per heavy atom. The van der Waals surface area contributed by atoms with Crippen molar-refractivity contribution in [3.63, 3.8) is 0 Å². The summed E-state index contributed by atoms with van der Waals surface area (Å²) in [5.41, 5.74) is 1.76. The number of amides is 1. The van der Waals surface area contributed by atoms with Crippen molar-refractivity contribution in [3.05, 3.63) is 34.3 Å². The van der Waals surface area contributed by atoms with E-state index in [1.165, 1.54) is 5.56 Å². The van der Waals surface area contributed by atoms with Crippen molar-refractivity contribution in [2.45, 2.75) is 37.7 Å². The molecule has 0 N–H and O–H groups in total. The van der Waals surface area contributed by atoms with Crippen molar-refractivity contribution in [3.8, 4) is 0 Å². The van der Waals surface area contributed by atoms with Gasteiger partial charge in [-0.15, -0.1) is 0 Å². The van der Waals surface area contributed by atoms with E-state index in [0.29, 0.717) is 6.54 Å². The van der Waals surface area contributed by atoms with Gasteiger partial charge in [0, 0.05) is 11.6 Å². The molecule has 1 unspecified atom stereocenters. The zero-order chi connectivity index (χ0) is 14.2. The van der Waals surface area contributed by atoms with Crippen LogP contribution in [0.4, 0.5) is 4.79 Å². The SMILES string of the molecule is CC(C)(C)OC(=O)N1CCc2cc(Cl)ccc2C1Br. The van der Waals surface area contributed by atoms with Crippen LogP contribution in [0, 0.1) is 0 Å². The number of carbonyl (C=O) groups excluding carboxylic acids is 1. The van der Waals surface area contributed by atoms with E-state index in [9.17, 15) is 4.79 Å². The van der Waals surface area contributed by atoms with E-state index < -0.39 is 5.60 Å². The molecule has 1 amide bonds. The standard InChI is InChI=1S/C14H17BrClNO2/c1-14(2,3)19-13(18)17-7-6-9-8-10(16)4-5-11(9)12(17)15/h4-5,8,12H,6-7H2,1-3H3. The maximum Gasteiger partial charge on any atom is 0.411 e. The third-order valence-electron chi connectivity index (χ3n) is 2.89. The van der Waals surface area contributed by atoms with Gasteiger partial charge in [-0.3, -0.25) is 4.90 Å². The summed E-state index contributed by atoms with van der Waals surface area (Å²) >= 11 is 9.56. The number of fused-ring (bicyclic) bond motifs is 1. The highest BCUT2D eigenvalue weighted by Gasteiger charge is 2.31. The number of carbonyl (C=O) groups is 1. The minimum Gasteiger partial charge on any atom is -0.444 e. The Kier molecular flexibility index (Phi) is 4.11. The lowest BCUT2D eigenvalue weighted by molar-refractivity contribution is 0.0221. The summed E-state index contributed by atoms with van der Waals surface area (Å²) in [4.78, 5) is 13.7. The molecule has 1 heterocycles. The van der Waals surface area contributed by atoms with Crippen molar-refractivity contribution in [2.75, 3.05) is 6.54 Å². The predicted octanol–water partition coefficient (Wildman–Crippen LogP) is 4.53. The molecule has 1 aromatic carbocycles. The van der Waals surface area contributed by atoms with Crippen LogP contribution >= 0.6 is 27.5 Å². The number of halogens is 2. The molecule has 1 aromatic rings. The molecule has 0 bridgehead atoms. The first-order valence-corrected chi connectivity index (χ1v) is 7.49. The Hall–Kier alpha value is -0.740. The van der Waals surface area contributed by atoms with Gasteiger partial charge in [0.1, 0.15) is 10.6 Å². The highest BCUT2D eigenvalue weighted by molar-refractivity contribution is 9.09. The van der Waals surface area contributed by atoms with Crippen LogP contribution in [0.15, 0.2) is 18.2 Å². The number of hydrogen-bond donors (Lipinski definition) is 0. The van der Waals surface area contributed by atoms with Crippen LogP contribution in [-0.4, -0.2) is 23.1 Å². The van der Waals surface area contributed by atoms with E-state index in [-0.39, 0.29) is 11.0 Å². The lowest BCUT2D eigenvalue weighted by Crippen LogP contribution is -2.41. The first-order valence-electron chi connectivity index (χ1n) is 6.20. The minimum atomic E-state index is -0.482. The molecule has 3 nitrogen and oxygen atoms in total. The van der Waals surface area contributed by atoms with E-state index in [4.69, 9.17) is 16.3 Å². The van der Waals surface area contributed by atoms with Crippen molar-refractivity contribution in [1.82, 2.24) is 4.90 Å². The first-order chi connectivity index (χ1) is 8.78. The molecular weight excluding hydrogens is 330 g/mol. The van der Waals surface area contributed by atoms with Gasteiger partial charge in [0.15, 0.2) is 0 Å². The van der Waals surface area contributed by atoms with E-state index >= 15 is 0 Å². The van der Waals surface area contributed by atoms with E-state index in [1.54, 1.807) is 4.90 Å². The number of hydrogen-bond acceptors (Lipinski definition) is 2. The molecule has 0 fully saturated rings. The molecule has 1 atom stereocenters. The Morgan fingerprint density at radius 1 is 1.47 bits per heavy atom.